The summed E-state index contributed by atoms with van der Waals surface area (Å²) in [4.78, 5) is 4.30. The zero-order valence-corrected chi connectivity index (χ0v) is 14.0. The Hall–Kier alpha value is -2.76. The maximum atomic E-state index is 5.95. The highest BCUT2D eigenvalue weighted by atomic mass is 16.5. The summed E-state index contributed by atoms with van der Waals surface area (Å²) >= 11 is 0. The molecule has 0 unspecified atom stereocenters. The van der Waals surface area contributed by atoms with Crippen molar-refractivity contribution in [3.05, 3.63) is 42.2 Å². The van der Waals surface area contributed by atoms with E-state index in [1.807, 2.05) is 37.3 Å². The monoisotopic (exact) mass is 326 g/mol. The van der Waals surface area contributed by atoms with Gasteiger partial charge in [-0.2, -0.15) is 5.10 Å². The Kier molecular flexibility index (Phi) is 4.84. The first-order valence-corrected chi connectivity index (χ1v) is 8.14. The first kappa shape index (κ1) is 16.1. The van der Waals surface area contributed by atoms with Gasteiger partial charge in [0.2, 0.25) is 0 Å². The summed E-state index contributed by atoms with van der Waals surface area (Å²) in [5.74, 6) is 1.86. The second-order valence-corrected chi connectivity index (χ2v) is 5.71. The van der Waals surface area contributed by atoms with Crippen molar-refractivity contribution in [3.8, 4) is 11.5 Å². The van der Waals surface area contributed by atoms with E-state index in [9.17, 15) is 0 Å². The fourth-order valence-electron chi connectivity index (χ4n) is 2.39. The molecule has 0 saturated carbocycles. The predicted molar refractivity (Wildman–Crippen MR) is 94.3 cm³/mol. The molecule has 0 spiro atoms. The van der Waals surface area contributed by atoms with E-state index in [0.29, 0.717) is 18.2 Å². The van der Waals surface area contributed by atoms with Crippen LogP contribution in [0, 0.1) is 0 Å². The molecule has 0 aliphatic heterocycles. The molecule has 3 rings (SSSR count). The molecular formula is C18H22N4O2. The topological polar surface area (TPSA) is 86.0 Å². The Morgan fingerprint density at radius 2 is 2.17 bits per heavy atom. The van der Waals surface area contributed by atoms with Crippen LogP contribution in [0.3, 0.4) is 0 Å². The van der Waals surface area contributed by atoms with E-state index in [0.717, 1.165) is 35.2 Å². The highest BCUT2D eigenvalue weighted by Crippen LogP contribution is 2.33. The second kappa shape index (κ2) is 7.21. The van der Waals surface area contributed by atoms with E-state index < -0.39 is 0 Å². The lowest BCUT2D eigenvalue weighted by Crippen LogP contribution is -2.10. The van der Waals surface area contributed by atoms with Crippen LogP contribution in [0.25, 0.3) is 10.9 Å². The van der Waals surface area contributed by atoms with Gasteiger partial charge in [0.15, 0.2) is 5.82 Å². The van der Waals surface area contributed by atoms with Gasteiger partial charge in [-0.05, 0) is 31.5 Å². The standard InChI is InChI=1S/C18H22N4O2/c1-3-12(2)24-14-10-15-17(21-22-18(15)19)16(11-14)23-9-7-13-6-4-5-8-20-13/h4-6,8,10-12H,3,7,9H2,1-2H3,(H3,19,21,22)/t12-/m0/s1. The minimum absolute atomic E-state index is 0.122. The van der Waals surface area contributed by atoms with Crippen LogP contribution in [0.4, 0.5) is 5.82 Å². The fraction of sp³-hybridized carbons (Fsp3) is 0.333. The van der Waals surface area contributed by atoms with E-state index in [1.165, 1.54) is 0 Å². The first-order chi connectivity index (χ1) is 11.7. The van der Waals surface area contributed by atoms with Crippen LogP contribution in [0.1, 0.15) is 26.0 Å². The summed E-state index contributed by atoms with van der Waals surface area (Å²) in [6.45, 7) is 4.63. The third-order valence-electron chi connectivity index (χ3n) is 3.89. The van der Waals surface area contributed by atoms with Crippen molar-refractivity contribution in [3.63, 3.8) is 0 Å². The SMILES string of the molecule is CC[C@H](C)Oc1cc(OCCc2ccccn2)c2[nH]nc(N)c2c1. The Morgan fingerprint density at radius 1 is 1.29 bits per heavy atom. The molecule has 3 aromatic rings. The smallest absolute Gasteiger partial charge is 0.153 e. The van der Waals surface area contributed by atoms with Gasteiger partial charge >= 0.3 is 0 Å². The lowest BCUT2D eigenvalue weighted by Gasteiger charge is -2.14. The summed E-state index contributed by atoms with van der Waals surface area (Å²) < 4.78 is 11.9. The van der Waals surface area contributed by atoms with E-state index in [2.05, 4.69) is 22.1 Å². The quantitative estimate of drug-likeness (QED) is 0.695. The van der Waals surface area contributed by atoms with Crippen molar-refractivity contribution in [2.75, 3.05) is 12.3 Å². The highest BCUT2D eigenvalue weighted by molar-refractivity contribution is 5.94. The molecule has 2 heterocycles. The van der Waals surface area contributed by atoms with Crippen LogP contribution in [-0.2, 0) is 6.42 Å². The van der Waals surface area contributed by atoms with E-state index in [1.54, 1.807) is 6.20 Å². The van der Waals surface area contributed by atoms with Crippen molar-refractivity contribution in [2.45, 2.75) is 32.8 Å². The van der Waals surface area contributed by atoms with Crippen LogP contribution in [0.2, 0.25) is 0 Å². The number of benzene rings is 1. The molecule has 0 bridgehead atoms. The van der Waals surface area contributed by atoms with Crippen LogP contribution < -0.4 is 15.2 Å². The van der Waals surface area contributed by atoms with Gasteiger partial charge in [-0.25, -0.2) is 0 Å². The van der Waals surface area contributed by atoms with Gasteiger partial charge in [0, 0.05) is 24.4 Å². The molecule has 1 aromatic carbocycles. The number of ether oxygens (including phenoxy) is 2. The number of H-pyrrole nitrogens is 1. The zero-order valence-electron chi connectivity index (χ0n) is 14.0. The summed E-state index contributed by atoms with van der Waals surface area (Å²) in [6, 6.07) is 9.62. The number of hydrogen-bond donors (Lipinski definition) is 2. The number of rotatable bonds is 7. The van der Waals surface area contributed by atoms with Gasteiger partial charge in [-0.1, -0.05) is 13.0 Å². The molecule has 0 fully saturated rings. The van der Waals surface area contributed by atoms with Crippen molar-refractivity contribution in [1.82, 2.24) is 15.2 Å². The lowest BCUT2D eigenvalue weighted by atomic mass is 10.2. The fourth-order valence-corrected chi connectivity index (χ4v) is 2.39. The molecule has 2 aromatic heterocycles. The van der Waals surface area contributed by atoms with Gasteiger partial charge in [0.05, 0.1) is 18.1 Å². The average Bonchev–Trinajstić information content (AvgIpc) is 2.97. The van der Waals surface area contributed by atoms with Gasteiger partial charge in [0.1, 0.15) is 17.0 Å². The number of nitrogen functional groups attached to an aromatic ring is 1. The number of aromatic nitrogens is 3. The molecule has 0 saturated heterocycles. The number of nitrogens with two attached hydrogens (primary N) is 1. The van der Waals surface area contributed by atoms with E-state index >= 15 is 0 Å². The van der Waals surface area contributed by atoms with E-state index in [4.69, 9.17) is 15.2 Å². The molecule has 24 heavy (non-hydrogen) atoms. The Bertz CT molecular complexity index is 801. The summed E-state index contributed by atoms with van der Waals surface area (Å²) in [5, 5.41) is 7.81. The molecule has 126 valence electrons. The zero-order chi connectivity index (χ0) is 16.9. The molecule has 0 aliphatic carbocycles. The third-order valence-corrected chi connectivity index (χ3v) is 3.89. The lowest BCUT2D eigenvalue weighted by molar-refractivity contribution is 0.216. The number of hydrogen-bond acceptors (Lipinski definition) is 5. The molecule has 6 nitrogen and oxygen atoms in total. The van der Waals surface area contributed by atoms with Crippen molar-refractivity contribution in [1.29, 1.82) is 0 Å². The third kappa shape index (κ3) is 3.59. The molecule has 6 heteroatoms. The highest BCUT2D eigenvalue weighted by Gasteiger charge is 2.13. The molecular weight excluding hydrogens is 304 g/mol. The Morgan fingerprint density at radius 3 is 2.92 bits per heavy atom. The largest absolute Gasteiger partial charge is 0.491 e. The van der Waals surface area contributed by atoms with Gasteiger partial charge < -0.3 is 15.2 Å². The predicted octanol–water partition coefficient (Wildman–Crippen LogP) is 3.34. The molecule has 0 amide bonds. The number of nitrogens with one attached hydrogen (secondary N) is 1. The Labute approximate surface area is 141 Å². The van der Waals surface area contributed by atoms with Crippen LogP contribution >= 0.6 is 0 Å². The maximum Gasteiger partial charge on any atom is 0.153 e. The normalized spacial score (nSPS) is 12.2. The van der Waals surface area contributed by atoms with Crippen LogP contribution in [0.15, 0.2) is 36.5 Å². The summed E-state index contributed by atoms with van der Waals surface area (Å²) in [5.41, 5.74) is 7.71. The minimum Gasteiger partial charge on any atom is -0.491 e. The van der Waals surface area contributed by atoms with Crippen molar-refractivity contribution >= 4 is 16.7 Å². The number of anilines is 1. The van der Waals surface area contributed by atoms with Gasteiger partial charge in [-0.3, -0.25) is 10.1 Å². The van der Waals surface area contributed by atoms with Crippen molar-refractivity contribution in [2.24, 2.45) is 0 Å². The Balaban J connectivity index is 1.80. The number of nitrogens with zero attached hydrogens (tertiary/aromatic N) is 2. The number of pyridine rings is 1. The number of aromatic amines is 1. The second-order valence-electron chi connectivity index (χ2n) is 5.71. The molecule has 3 N–H and O–H groups in total. The van der Waals surface area contributed by atoms with E-state index in [-0.39, 0.29) is 6.10 Å². The molecule has 0 aliphatic rings. The molecule has 0 radical (unpaired) electrons. The summed E-state index contributed by atoms with van der Waals surface area (Å²) in [7, 11) is 0. The first-order valence-electron chi connectivity index (χ1n) is 8.14. The van der Waals surface area contributed by atoms with Gasteiger partial charge in [-0.15, -0.1) is 0 Å². The minimum atomic E-state index is 0.122. The van der Waals surface area contributed by atoms with Gasteiger partial charge in [0.25, 0.3) is 0 Å². The number of fused-ring (bicyclic) bond motifs is 1. The maximum absolute atomic E-state index is 5.95. The molecule has 1 atom stereocenters. The van der Waals surface area contributed by atoms with Crippen molar-refractivity contribution < 1.29 is 9.47 Å². The van der Waals surface area contributed by atoms with Crippen LogP contribution in [0.5, 0.6) is 11.5 Å². The average molecular weight is 326 g/mol. The van der Waals surface area contributed by atoms with Crippen LogP contribution in [-0.4, -0.2) is 27.9 Å². The summed E-state index contributed by atoms with van der Waals surface area (Å²) in [6.07, 6.45) is 3.55.